The minimum Gasteiger partial charge on any atom is -0.399 e. The molecule has 0 spiro atoms. The Morgan fingerprint density at radius 3 is 2.94 bits per heavy atom. The fraction of sp³-hybridized carbons (Fsp3) is 0.200. The van der Waals surface area contributed by atoms with Gasteiger partial charge in [-0.3, -0.25) is 5.10 Å². The molecule has 84 valence electrons. The molecule has 4 nitrogen and oxygen atoms in total. The van der Waals surface area contributed by atoms with Crippen LogP contribution >= 0.6 is 11.8 Å². The number of nitrogens with zero attached hydrogens (tertiary/aromatic N) is 2. The van der Waals surface area contributed by atoms with Gasteiger partial charge in [-0.1, -0.05) is 17.8 Å². The zero-order chi connectivity index (χ0) is 11.5. The Kier molecular flexibility index (Phi) is 3.09. The molecular formula is C10H11FN4S. The summed E-state index contributed by atoms with van der Waals surface area (Å²) >= 11 is 1.38. The van der Waals surface area contributed by atoms with Crippen molar-refractivity contribution in [2.75, 3.05) is 5.73 Å². The molecule has 0 saturated carbocycles. The number of rotatable bonds is 3. The first kappa shape index (κ1) is 10.9. The van der Waals surface area contributed by atoms with Crippen molar-refractivity contribution in [1.82, 2.24) is 15.2 Å². The third-order valence-corrected chi connectivity index (χ3v) is 2.91. The van der Waals surface area contributed by atoms with E-state index in [1.165, 1.54) is 17.8 Å². The Labute approximate surface area is 96.5 Å². The number of nitrogens with one attached hydrogen (secondary N) is 1. The molecule has 2 rings (SSSR count). The lowest BCUT2D eigenvalue weighted by Gasteiger charge is -2.01. The van der Waals surface area contributed by atoms with Crippen LogP contribution in [0.4, 0.5) is 10.1 Å². The van der Waals surface area contributed by atoms with Crippen molar-refractivity contribution in [3.05, 3.63) is 35.4 Å². The van der Waals surface area contributed by atoms with Crippen LogP contribution < -0.4 is 5.73 Å². The second-order valence-electron chi connectivity index (χ2n) is 3.34. The van der Waals surface area contributed by atoms with Crippen LogP contribution in [0.2, 0.25) is 0 Å². The lowest BCUT2D eigenvalue weighted by molar-refractivity contribution is 0.618. The summed E-state index contributed by atoms with van der Waals surface area (Å²) in [4.78, 5) is 4.12. The molecule has 6 heteroatoms. The lowest BCUT2D eigenvalue weighted by Crippen LogP contribution is -1.91. The Morgan fingerprint density at radius 1 is 1.50 bits per heavy atom. The Hall–Kier alpha value is -1.56. The summed E-state index contributed by atoms with van der Waals surface area (Å²) < 4.78 is 13.4. The Morgan fingerprint density at radius 2 is 2.31 bits per heavy atom. The zero-order valence-corrected chi connectivity index (χ0v) is 9.51. The number of aromatic amines is 1. The van der Waals surface area contributed by atoms with E-state index in [0.29, 0.717) is 22.2 Å². The first-order chi connectivity index (χ1) is 7.65. The highest BCUT2D eigenvalue weighted by atomic mass is 32.2. The second-order valence-corrected chi connectivity index (χ2v) is 4.29. The highest BCUT2D eigenvalue weighted by Gasteiger charge is 2.05. The maximum absolute atomic E-state index is 13.4. The summed E-state index contributed by atoms with van der Waals surface area (Å²) in [5.74, 6) is 0.948. The topological polar surface area (TPSA) is 67.6 Å². The maximum Gasteiger partial charge on any atom is 0.208 e. The Balaban J connectivity index is 2.04. The van der Waals surface area contributed by atoms with Crippen LogP contribution in [0.5, 0.6) is 0 Å². The maximum atomic E-state index is 13.4. The van der Waals surface area contributed by atoms with Crippen molar-refractivity contribution in [3.8, 4) is 0 Å². The standard InChI is InChI=1S/C10H11FN4S/c1-6-13-10(15-14-6)16-5-7-2-3-8(12)4-9(7)11/h2-4H,5,12H2,1H3,(H,13,14,15). The van der Waals surface area contributed by atoms with Crippen LogP contribution in [0, 0.1) is 12.7 Å². The van der Waals surface area contributed by atoms with Crippen molar-refractivity contribution in [2.45, 2.75) is 17.8 Å². The number of nitrogen functional groups attached to an aromatic ring is 1. The van der Waals surface area contributed by atoms with Gasteiger partial charge in [0.05, 0.1) is 0 Å². The Bertz CT molecular complexity index is 497. The predicted molar refractivity (Wildman–Crippen MR) is 61.5 cm³/mol. The summed E-state index contributed by atoms with van der Waals surface area (Å²) in [6.07, 6.45) is 0. The largest absolute Gasteiger partial charge is 0.399 e. The van der Waals surface area contributed by atoms with Crippen molar-refractivity contribution in [1.29, 1.82) is 0 Å². The molecule has 0 aliphatic carbocycles. The first-order valence-corrected chi connectivity index (χ1v) is 5.69. The van der Waals surface area contributed by atoms with Crippen molar-refractivity contribution in [3.63, 3.8) is 0 Å². The fourth-order valence-corrected chi connectivity index (χ4v) is 2.04. The van der Waals surface area contributed by atoms with E-state index in [9.17, 15) is 4.39 Å². The smallest absolute Gasteiger partial charge is 0.208 e. The molecule has 0 bridgehead atoms. The van der Waals surface area contributed by atoms with Crippen LogP contribution in [0.3, 0.4) is 0 Å². The number of aromatic nitrogens is 3. The number of halogens is 1. The van der Waals surface area contributed by atoms with Gasteiger partial charge in [0, 0.05) is 11.4 Å². The second kappa shape index (κ2) is 4.52. The minimum absolute atomic E-state index is 0.292. The first-order valence-electron chi connectivity index (χ1n) is 4.71. The van der Waals surface area contributed by atoms with Gasteiger partial charge in [0.2, 0.25) is 5.16 Å². The van der Waals surface area contributed by atoms with E-state index in [1.807, 2.05) is 6.92 Å². The van der Waals surface area contributed by atoms with Crippen LogP contribution in [-0.4, -0.2) is 15.2 Å². The minimum atomic E-state index is -0.292. The molecule has 16 heavy (non-hydrogen) atoms. The number of hydrogen-bond donors (Lipinski definition) is 2. The molecule has 2 aromatic rings. The molecule has 0 aliphatic rings. The third kappa shape index (κ3) is 2.52. The predicted octanol–water partition coefficient (Wildman–Crippen LogP) is 2.13. The molecule has 0 saturated heterocycles. The van der Waals surface area contributed by atoms with E-state index < -0.39 is 0 Å². The number of benzene rings is 1. The van der Waals surface area contributed by atoms with Gasteiger partial charge >= 0.3 is 0 Å². The van der Waals surface area contributed by atoms with Crippen LogP contribution in [-0.2, 0) is 5.75 Å². The number of H-pyrrole nitrogens is 1. The van der Waals surface area contributed by atoms with Crippen LogP contribution in [0.1, 0.15) is 11.4 Å². The highest BCUT2D eigenvalue weighted by molar-refractivity contribution is 7.98. The average molecular weight is 238 g/mol. The van der Waals surface area contributed by atoms with E-state index in [2.05, 4.69) is 15.2 Å². The molecule has 0 unspecified atom stereocenters. The number of thioether (sulfide) groups is 1. The van der Waals surface area contributed by atoms with Gasteiger partial charge in [0.1, 0.15) is 11.6 Å². The monoisotopic (exact) mass is 238 g/mol. The van der Waals surface area contributed by atoms with Gasteiger partial charge in [-0.2, -0.15) is 0 Å². The number of hydrogen-bond acceptors (Lipinski definition) is 4. The van der Waals surface area contributed by atoms with Crippen molar-refractivity contribution in [2.24, 2.45) is 0 Å². The lowest BCUT2D eigenvalue weighted by atomic mass is 10.2. The molecule has 0 aliphatic heterocycles. The summed E-state index contributed by atoms with van der Waals surface area (Å²) in [6.45, 7) is 1.82. The fourth-order valence-electron chi connectivity index (χ4n) is 1.21. The average Bonchev–Trinajstić information content (AvgIpc) is 2.63. The number of aryl methyl sites for hydroxylation is 1. The van der Waals surface area contributed by atoms with Gasteiger partial charge < -0.3 is 5.73 Å². The van der Waals surface area contributed by atoms with E-state index in [-0.39, 0.29) is 5.82 Å². The van der Waals surface area contributed by atoms with Gasteiger partial charge in [-0.05, 0) is 24.6 Å². The van der Waals surface area contributed by atoms with Gasteiger partial charge in [0.15, 0.2) is 0 Å². The van der Waals surface area contributed by atoms with E-state index in [4.69, 9.17) is 5.73 Å². The molecule has 0 amide bonds. The molecule has 1 heterocycles. The summed E-state index contributed by atoms with van der Waals surface area (Å²) in [7, 11) is 0. The quantitative estimate of drug-likeness (QED) is 0.635. The van der Waals surface area contributed by atoms with E-state index >= 15 is 0 Å². The summed E-state index contributed by atoms with van der Waals surface area (Å²) in [5, 5.41) is 7.31. The van der Waals surface area contributed by atoms with Crippen LogP contribution in [0.15, 0.2) is 23.4 Å². The molecule has 0 atom stereocenters. The van der Waals surface area contributed by atoms with Crippen molar-refractivity contribution < 1.29 is 4.39 Å². The SMILES string of the molecule is Cc1nc(SCc2ccc(N)cc2F)n[nH]1. The highest BCUT2D eigenvalue weighted by Crippen LogP contribution is 2.21. The van der Waals surface area contributed by atoms with E-state index in [0.717, 1.165) is 5.82 Å². The molecule has 1 aromatic heterocycles. The van der Waals surface area contributed by atoms with Crippen LogP contribution in [0.25, 0.3) is 0 Å². The van der Waals surface area contributed by atoms with Crippen molar-refractivity contribution >= 4 is 17.4 Å². The van der Waals surface area contributed by atoms with Gasteiger partial charge in [-0.15, -0.1) is 5.10 Å². The molecule has 1 aromatic carbocycles. The summed E-state index contributed by atoms with van der Waals surface area (Å²) in [5.41, 5.74) is 6.49. The summed E-state index contributed by atoms with van der Waals surface area (Å²) in [6, 6.07) is 4.68. The van der Waals surface area contributed by atoms with E-state index in [1.54, 1.807) is 12.1 Å². The van der Waals surface area contributed by atoms with Gasteiger partial charge in [-0.25, -0.2) is 9.37 Å². The molecule has 3 N–H and O–H groups in total. The molecular weight excluding hydrogens is 227 g/mol. The normalized spacial score (nSPS) is 10.6. The number of nitrogens with two attached hydrogens (primary N) is 1. The zero-order valence-electron chi connectivity index (χ0n) is 8.70. The number of anilines is 1. The van der Waals surface area contributed by atoms with Gasteiger partial charge in [0.25, 0.3) is 0 Å². The molecule has 0 fully saturated rings. The molecule has 0 radical (unpaired) electrons. The third-order valence-electron chi connectivity index (χ3n) is 2.01.